The van der Waals surface area contributed by atoms with E-state index in [2.05, 4.69) is 33.0 Å². The van der Waals surface area contributed by atoms with Crippen LogP contribution in [0.3, 0.4) is 0 Å². The van der Waals surface area contributed by atoms with E-state index in [9.17, 15) is 4.39 Å². The molecule has 2 heteroatoms. The van der Waals surface area contributed by atoms with Crippen molar-refractivity contribution in [3.05, 3.63) is 35.1 Å². The molecular weight excluding hydrogens is 237 g/mol. The fourth-order valence-corrected chi connectivity index (χ4v) is 2.28. The Hall–Kier alpha value is -0.890. The number of nitrogens with one attached hydrogen (secondary N) is 1. The van der Waals surface area contributed by atoms with Crippen LogP contribution in [0.5, 0.6) is 0 Å². The van der Waals surface area contributed by atoms with E-state index in [1.165, 1.54) is 12.0 Å². The van der Waals surface area contributed by atoms with Gasteiger partial charge in [-0.25, -0.2) is 4.39 Å². The lowest BCUT2D eigenvalue weighted by Gasteiger charge is -2.20. The Morgan fingerprint density at radius 1 is 1.21 bits per heavy atom. The highest BCUT2D eigenvalue weighted by Crippen LogP contribution is 2.16. The van der Waals surface area contributed by atoms with Gasteiger partial charge in [-0.2, -0.15) is 0 Å². The Balaban J connectivity index is 2.66. The van der Waals surface area contributed by atoms with Gasteiger partial charge in [-0.15, -0.1) is 0 Å². The summed E-state index contributed by atoms with van der Waals surface area (Å²) in [7, 11) is 0. The van der Waals surface area contributed by atoms with Crippen LogP contribution < -0.4 is 5.32 Å². The van der Waals surface area contributed by atoms with E-state index in [1.54, 1.807) is 12.1 Å². The maximum atomic E-state index is 13.3. The summed E-state index contributed by atoms with van der Waals surface area (Å²) >= 11 is 0. The molecule has 1 N–H and O–H groups in total. The van der Waals surface area contributed by atoms with Gasteiger partial charge >= 0.3 is 0 Å². The first-order valence-electron chi connectivity index (χ1n) is 7.51. The maximum Gasteiger partial charge on any atom is 0.123 e. The fourth-order valence-electron chi connectivity index (χ4n) is 2.28. The van der Waals surface area contributed by atoms with E-state index in [4.69, 9.17) is 0 Å². The molecule has 0 aliphatic rings. The molecular formula is C17H28FN. The number of halogens is 1. The summed E-state index contributed by atoms with van der Waals surface area (Å²) in [6.07, 6.45) is 4.44. The minimum absolute atomic E-state index is 0.126. The molecule has 0 aliphatic heterocycles. The average Bonchev–Trinajstić information content (AvgIpc) is 2.36. The summed E-state index contributed by atoms with van der Waals surface area (Å²) in [4.78, 5) is 0. The summed E-state index contributed by atoms with van der Waals surface area (Å²) in [6, 6.07) is 5.57. The minimum Gasteiger partial charge on any atom is -0.314 e. The SMILES string of the molecule is CCCNC(CCC(C)C)Cc1cc(F)ccc1C. The molecule has 1 unspecified atom stereocenters. The van der Waals surface area contributed by atoms with Crippen molar-refractivity contribution in [2.75, 3.05) is 6.54 Å². The summed E-state index contributed by atoms with van der Waals surface area (Å²) in [5, 5.41) is 3.60. The van der Waals surface area contributed by atoms with Crippen LogP contribution in [-0.2, 0) is 6.42 Å². The highest BCUT2D eigenvalue weighted by Gasteiger charge is 2.11. The lowest BCUT2D eigenvalue weighted by molar-refractivity contribution is 0.426. The number of hydrogen-bond acceptors (Lipinski definition) is 1. The monoisotopic (exact) mass is 265 g/mol. The van der Waals surface area contributed by atoms with Crippen LogP contribution in [0.1, 0.15) is 51.2 Å². The van der Waals surface area contributed by atoms with Crippen LogP contribution in [0, 0.1) is 18.7 Å². The first-order chi connectivity index (χ1) is 9.02. The molecule has 1 nitrogen and oxygen atoms in total. The van der Waals surface area contributed by atoms with Gasteiger partial charge in [0.25, 0.3) is 0 Å². The molecule has 0 bridgehead atoms. The normalized spacial score (nSPS) is 12.9. The predicted molar refractivity (Wildman–Crippen MR) is 81.0 cm³/mol. The van der Waals surface area contributed by atoms with Crippen molar-refractivity contribution < 1.29 is 4.39 Å². The molecule has 0 aliphatic carbocycles. The molecule has 1 atom stereocenters. The fraction of sp³-hybridized carbons (Fsp3) is 0.647. The van der Waals surface area contributed by atoms with Gasteiger partial charge in [0.1, 0.15) is 5.82 Å². The second kappa shape index (κ2) is 8.31. The van der Waals surface area contributed by atoms with Crippen molar-refractivity contribution in [3.8, 4) is 0 Å². The van der Waals surface area contributed by atoms with E-state index in [1.807, 2.05) is 6.07 Å². The highest BCUT2D eigenvalue weighted by atomic mass is 19.1. The number of rotatable bonds is 8. The average molecular weight is 265 g/mol. The molecule has 0 radical (unpaired) electrons. The molecule has 0 heterocycles. The second-order valence-electron chi connectivity index (χ2n) is 5.90. The molecule has 1 rings (SSSR count). The number of hydrogen-bond donors (Lipinski definition) is 1. The van der Waals surface area contributed by atoms with Crippen LogP contribution >= 0.6 is 0 Å². The van der Waals surface area contributed by atoms with Crippen LogP contribution in [0.2, 0.25) is 0 Å². The van der Waals surface area contributed by atoms with Crippen molar-refractivity contribution in [3.63, 3.8) is 0 Å². The Morgan fingerprint density at radius 3 is 2.58 bits per heavy atom. The predicted octanol–water partition coefficient (Wildman–Crippen LogP) is 4.48. The Morgan fingerprint density at radius 2 is 1.95 bits per heavy atom. The number of benzene rings is 1. The summed E-state index contributed by atoms with van der Waals surface area (Å²) < 4.78 is 13.3. The van der Waals surface area contributed by atoms with Gasteiger partial charge in [-0.05, 0) is 68.3 Å². The first-order valence-corrected chi connectivity index (χ1v) is 7.51. The lowest BCUT2D eigenvalue weighted by Crippen LogP contribution is -2.32. The third kappa shape index (κ3) is 6.20. The van der Waals surface area contributed by atoms with E-state index >= 15 is 0 Å². The van der Waals surface area contributed by atoms with E-state index in [0.29, 0.717) is 6.04 Å². The van der Waals surface area contributed by atoms with Crippen LogP contribution in [0.15, 0.2) is 18.2 Å². The Labute approximate surface area is 117 Å². The number of aryl methyl sites for hydroxylation is 1. The van der Waals surface area contributed by atoms with Crippen molar-refractivity contribution in [2.45, 2.75) is 59.4 Å². The van der Waals surface area contributed by atoms with Gasteiger partial charge in [0.15, 0.2) is 0 Å². The molecule has 0 spiro atoms. The first kappa shape index (κ1) is 16.2. The van der Waals surface area contributed by atoms with Gasteiger partial charge in [0.05, 0.1) is 0 Å². The molecule has 0 fully saturated rings. The molecule has 19 heavy (non-hydrogen) atoms. The van der Waals surface area contributed by atoms with Crippen molar-refractivity contribution >= 4 is 0 Å². The summed E-state index contributed by atoms with van der Waals surface area (Å²) in [5.74, 6) is 0.596. The lowest BCUT2D eigenvalue weighted by atomic mass is 9.95. The zero-order valence-electron chi connectivity index (χ0n) is 12.8. The Kier molecular flexibility index (Phi) is 7.07. The van der Waals surface area contributed by atoms with Crippen LogP contribution in [0.4, 0.5) is 4.39 Å². The molecule has 0 amide bonds. The molecule has 0 aromatic heterocycles. The van der Waals surface area contributed by atoms with Crippen LogP contribution in [-0.4, -0.2) is 12.6 Å². The van der Waals surface area contributed by atoms with Crippen molar-refractivity contribution in [1.82, 2.24) is 5.32 Å². The highest BCUT2D eigenvalue weighted by molar-refractivity contribution is 5.27. The second-order valence-corrected chi connectivity index (χ2v) is 5.90. The van der Waals surface area contributed by atoms with Crippen molar-refractivity contribution in [1.29, 1.82) is 0 Å². The van der Waals surface area contributed by atoms with Crippen LogP contribution in [0.25, 0.3) is 0 Å². The molecule has 0 saturated heterocycles. The van der Waals surface area contributed by atoms with E-state index < -0.39 is 0 Å². The standard InChI is InChI=1S/C17H28FN/c1-5-10-19-17(9-6-13(2)3)12-15-11-16(18)8-7-14(15)4/h7-8,11,13,17,19H,5-6,9-10,12H2,1-4H3. The van der Waals surface area contributed by atoms with E-state index in [-0.39, 0.29) is 5.82 Å². The molecule has 1 aromatic carbocycles. The summed E-state index contributed by atoms with van der Waals surface area (Å²) in [6.45, 7) is 9.79. The maximum absolute atomic E-state index is 13.3. The van der Waals surface area contributed by atoms with Gasteiger partial charge in [0.2, 0.25) is 0 Å². The molecule has 1 aromatic rings. The van der Waals surface area contributed by atoms with Gasteiger partial charge < -0.3 is 5.32 Å². The largest absolute Gasteiger partial charge is 0.314 e. The third-order valence-corrected chi connectivity index (χ3v) is 3.55. The quantitative estimate of drug-likeness (QED) is 0.730. The van der Waals surface area contributed by atoms with Gasteiger partial charge in [-0.3, -0.25) is 0 Å². The molecule has 0 saturated carbocycles. The van der Waals surface area contributed by atoms with Gasteiger partial charge in [0, 0.05) is 6.04 Å². The molecule has 108 valence electrons. The zero-order chi connectivity index (χ0) is 14.3. The summed E-state index contributed by atoms with van der Waals surface area (Å²) in [5.41, 5.74) is 2.33. The van der Waals surface area contributed by atoms with Gasteiger partial charge in [-0.1, -0.05) is 26.8 Å². The topological polar surface area (TPSA) is 12.0 Å². The third-order valence-electron chi connectivity index (χ3n) is 3.55. The zero-order valence-corrected chi connectivity index (χ0v) is 12.8. The Bertz CT molecular complexity index is 374. The smallest absolute Gasteiger partial charge is 0.123 e. The minimum atomic E-state index is -0.126. The van der Waals surface area contributed by atoms with E-state index in [0.717, 1.165) is 37.3 Å². The van der Waals surface area contributed by atoms with Crippen molar-refractivity contribution in [2.24, 2.45) is 5.92 Å².